The average Bonchev–Trinajstić information content (AvgIpc) is 2.47. The van der Waals surface area contributed by atoms with E-state index in [1.165, 1.54) is 19.2 Å². The number of amides is 1. The van der Waals surface area contributed by atoms with Crippen LogP contribution in [0.15, 0.2) is 46.9 Å². The van der Waals surface area contributed by atoms with E-state index in [2.05, 4.69) is 21.2 Å². The minimum atomic E-state index is -0.546. The molecule has 0 aromatic heterocycles. The van der Waals surface area contributed by atoms with Gasteiger partial charge in [0.25, 0.3) is 11.6 Å². The number of hydrogen-bond donors (Lipinski definition) is 1. The molecule has 0 aliphatic heterocycles. The van der Waals surface area contributed by atoms with Gasteiger partial charge >= 0.3 is 0 Å². The zero-order valence-electron chi connectivity index (χ0n) is 11.0. The van der Waals surface area contributed by atoms with Crippen LogP contribution < -0.4 is 10.1 Å². The van der Waals surface area contributed by atoms with Crippen molar-refractivity contribution in [3.05, 3.63) is 62.6 Å². The van der Waals surface area contributed by atoms with Gasteiger partial charge in [-0.3, -0.25) is 14.9 Å². The van der Waals surface area contributed by atoms with Crippen LogP contribution in [0.5, 0.6) is 5.75 Å². The van der Waals surface area contributed by atoms with Crippen LogP contribution in [0, 0.1) is 10.1 Å². The molecule has 0 unspecified atom stereocenters. The van der Waals surface area contributed by atoms with Crippen LogP contribution in [0.1, 0.15) is 10.4 Å². The Hall–Kier alpha value is -2.41. The highest BCUT2D eigenvalue weighted by atomic mass is 79.9. The first-order chi connectivity index (χ1) is 10.0. The SMILES string of the molecule is COc1ccc(C(=O)Nc2cc(Br)ccc2[N+](=O)[O-])cc1. The summed E-state index contributed by atoms with van der Waals surface area (Å²) in [6.07, 6.45) is 0. The topological polar surface area (TPSA) is 81.5 Å². The van der Waals surface area contributed by atoms with Crippen molar-refractivity contribution >= 4 is 33.2 Å². The summed E-state index contributed by atoms with van der Waals surface area (Å²) >= 11 is 3.22. The molecular formula is C14H11BrN2O4. The van der Waals surface area contributed by atoms with Crippen LogP contribution in [0.2, 0.25) is 0 Å². The Bertz CT molecular complexity index is 686. The number of methoxy groups -OCH3 is 1. The van der Waals surface area contributed by atoms with E-state index in [4.69, 9.17) is 4.74 Å². The van der Waals surface area contributed by atoms with E-state index in [9.17, 15) is 14.9 Å². The fraction of sp³-hybridized carbons (Fsp3) is 0.0714. The first-order valence-corrected chi connectivity index (χ1v) is 6.70. The van der Waals surface area contributed by atoms with Gasteiger partial charge in [-0.1, -0.05) is 15.9 Å². The van der Waals surface area contributed by atoms with Crippen molar-refractivity contribution in [2.45, 2.75) is 0 Å². The van der Waals surface area contributed by atoms with Crippen molar-refractivity contribution in [3.63, 3.8) is 0 Å². The molecule has 0 bridgehead atoms. The van der Waals surface area contributed by atoms with Crippen LogP contribution >= 0.6 is 15.9 Å². The highest BCUT2D eigenvalue weighted by molar-refractivity contribution is 9.10. The van der Waals surface area contributed by atoms with Gasteiger partial charge in [0.05, 0.1) is 12.0 Å². The van der Waals surface area contributed by atoms with E-state index < -0.39 is 10.8 Å². The van der Waals surface area contributed by atoms with Crippen molar-refractivity contribution < 1.29 is 14.5 Å². The molecule has 0 aliphatic carbocycles. The number of nitrogens with zero attached hydrogens (tertiary/aromatic N) is 1. The number of nitrogens with one attached hydrogen (secondary N) is 1. The molecule has 0 spiro atoms. The number of nitro groups is 1. The zero-order chi connectivity index (χ0) is 15.4. The molecule has 7 heteroatoms. The number of halogens is 1. The fourth-order valence-corrected chi connectivity index (χ4v) is 2.07. The maximum absolute atomic E-state index is 12.1. The minimum Gasteiger partial charge on any atom is -0.497 e. The zero-order valence-corrected chi connectivity index (χ0v) is 12.6. The first-order valence-electron chi connectivity index (χ1n) is 5.90. The van der Waals surface area contributed by atoms with Crippen LogP contribution in [0.25, 0.3) is 0 Å². The molecule has 0 radical (unpaired) electrons. The molecule has 0 atom stereocenters. The van der Waals surface area contributed by atoms with Crippen LogP contribution in [-0.2, 0) is 0 Å². The van der Waals surface area contributed by atoms with Gasteiger partial charge in [0.1, 0.15) is 11.4 Å². The van der Waals surface area contributed by atoms with Gasteiger partial charge in [0.2, 0.25) is 0 Å². The largest absolute Gasteiger partial charge is 0.497 e. The lowest BCUT2D eigenvalue weighted by Gasteiger charge is -2.07. The number of carbonyl (C=O) groups excluding carboxylic acids is 1. The normalized spacial score (nSPS) is 10.0. The third-order valence-corrected chi connectivity index (χ3v) is 3.25. The van der Waals surface area contributed by atoms with Crippen molar-refractivity contribution in [1.82, 2.24) is 0 Å². The summed E-state index contributed by atoms with van der Waals surface area (Å²) in [6.45, 7) is 0. The van der Waals surface area contributed by atoms with Crippen molar-refractivity contribution in [3.8, 4) is 5.75 Å². The molecular weight excluding hydrogens is 340 g/mol. The highest BCUT2D eigenvalue weighted by Crippen LogP contribution is 2.28. The van der Waals surface area contributed by atoms with E-state index in [1.807, 2.05) is 0 Å². The summed E-state index contributed by atoms with van der Waals surface area (Å²) in [4.78, 5) is 22.5. The molecule has 6 nitrogen and oxygen atoms in total. The number of carbonyl (C=O) groups is 1. The maximum atomic E-state index is 12.1. The van der Waals surface area contributed by atoms with E-state index in [0.717, 1.165) is 0 Å². The molecule has 1 amide bonds. The second-order valence-electron chi connectivity index (χ2n) is 4.10. The summed E-state index contributed by atoms with van der Waals surface area (Å²) in [7, 11) is 1.53. The average molecular weight is 351 g/mol. The molecule has 0 saturated carbocycles. The minimum absolute atomic E-state index is 0.134. The summed E-state index contributed by atoms with van der Waals surface area (Å²) in [6, 6.07) is 10.8. The summed E-state index contributed by atoms with van der Waals surface area (Å²) in [5.74, 6) is 0.193. The van der Waals surface area contributed by atoms with E-state index >= 15 is 0 Å². The molecule has 0 saturated heterocycles. The molecule has 1 N–H and O–H groups in total. The third-order valence-electron chi connectivity index (χ3n) is 2.76. The number of benzene rings is 2. The highest BCUT2D eigenvalue weighted by Gasteiger charge is 2.16. The Balaban J connectivity index is 2.26. The van der Waals surface area contributed by atoms with Gasteiger partial charge in [-0.05, 0) is 36.4 Å². The smallest absolute Gasteiger partial charge is 0.292 e. The molecule has 2 aromatic rings. The molecule has 108 valence electrons. The van der Waals surface area contributed by atoms with Gasteiger partial charge in [-0.15, -0.1) is 0 Å². The molecule has 0 aliphatic rings. The van der Waals surface area contributed by atoms with Crippen molar-refractivity contribution in [1.29, 1.82) is 0 Å². The molecule has 0 heterocycles. The Morgan fingerprint density at radius 3 is 2.48 bits per heavy atom. The number of hydrogen-bond acceptors (Lipinski definition) is 4. The number of nitro benzene ring substituents is 1. The van der Waals surface area contributed by atoms with Crippen molar-refractivity contribution in [2.24, 2.45) is 0 Å². The fourth-order valence-electron chi connectivity index (χ4n) is 1.70. The predicted molar refractivity (Wildman–Crippen MR) is 81.7 cm³/mol. The lowest BCUT2D eigenvalue weighted by Crippen LogP contribution is -2.13. The van der Waals surface area contributed by atoms with Gasteiger partial charge in [-0.2, -0.15) is 0 Å². The second kappa shape index (κ2) is 6.36. The Labute approximate surface area is 129 Å². The monoisotopic (exact) mass is 350 g/mol. The number of rotatable bonds is 4. The van der Waals surface area contributed by atoms with E-state index in [-0.39, 0.29) is 11.4 Å². The van der Waals surface area contributed by atoms with E-state index in [1.54, 1.807) is 30.3 Å². The second-order valence-corrected chi connectivity index (χ2v) is 5.02. The molecule has 21 heavy (non-hydrogen) atoms. The van der Waals surface area contributed by atoms with Gasteiger partial charge in [-0.25, -0.2) is 0 Å². The lowest BCUT2D eigenvalue weighted by molar-refractivity contribution is -0.383. The lowest BCUT2D eigenvalue weighted by atomic mass is 10.2. The predicted octanol–water partition coefficient (Wildman–Crippen LogP) is 3.62. The van der Waals surface area contributed by atoms with Crippen LogP contribution in [0.3, 0.4) is 0 Å². The number of anilines is 1. The molecule has 2 aromatic carbocycles. The van der Waals surface area contributed by atoms with E-state index in [0.29, 0.717) is 15.8 Å². The van der Waals surface area contributed by atoms with Crippen LogP contribution in [0.4, 0.5) is 11.4 Å². The molecule has 0 fully saturated rings. The summed E-state index contributed by atoms with van der Waals surface area (Å²) in [5, 5.41) is 13.5. The van der Waals surface area contributed by atoms with Gasteiger partial charge in [0, 0.05) is 16.1 Å². The van der Waals surface area contributed by atoms with Crippen LogP contribution in [-0.4, -0.2) is 17.9 Å². The molecule has 2 rings (SSSR count). The maximum Gasteiger partial charge on any atom is 0.292 e. The Morgan fingerprint density at radius 1 is 1.24 bits per heavy atom. The van der Waals surface area contributed by atoms with Gasteiger partial charge < -0.3 is 10.1 Å². The standard InChI is InChI=1S/C14H11BrN2O4/c1-21-11-5-2-9(3-6-11)14(18)16-12-8-10(15)4-7-13(12)17(19)20/h2-8H,1H3,(H,16,18). The Kier molecular flexibility index (Phi) is 4.54. The summed E-state index contributed by atoms with van der Waals surface area (Å²) in [5.41, 5.74) is 0.348. The third kappa shape index (κ3) is 3.57. The van der Waals surface area contributed by atoms with Gasteiger partial charge in [0.15, 0.2) is 0 Å². The van der Waals surface area contributed by atoms with Crippen molar-refractivity contribution in [2.75, 3.05) is 12.4 Å². The number of ether oxygens (including phenoxy) is 1. The Morgan fingerprint density at radius 2 is 1.90 bits per heavy atom. The quantitative estimate of drug-likeness (QED) is 0.674. The summed E-state index contributed by atoms with van der Waals surface area (Å²) < 4.78 is 5.64. The first kappa shape index (κ1) is 15.0.